The molecule has 1 aliphatic carbocycles. The summed E-state index contributed by atoms with van der Waals surface area (Å²) in [5.74, 6) is 0.0751. The first-order valence-corrected chi connectivity index (χ1v) is 16.6. The summed E-state index contributed by atoms with van der Waals surface area (Å²) in [5.41, 5.74) is 0.556. The maximum Gasteiger partial charge on any atom is 0.250 e. The van der Waals surface area contributed by atoms with Gasteiger partial charge in [-0.2, -0.15) is 0 Å². The van der Waals surface area contributed by atoms with Crippen LogP contribution in [-0.2, 0) is 20.9 Å². The smallest absolute Gasteiger partial charge is 0.250 e. The van der Waals surface area contributed by atoms with Crippen molar-refractivity contribution in [1.82, 2.24) is 20.0 Å². The second-order valence-electron chi connectivity index (χ2n) is 13.4. The first-order chi connectivity index (χ1) is 19.9. The van der Waals surface area contributed by atoms with Crippen LogP contribution in [0.4, 0.5) is 0 Å². The number of hydrogen-bond donors (Lipinski definition) is 1. The average molecular weight is 587 g/mol. The van der Waals surface area contributed by atoms with E-state index in [4.69, 9.17) is 16.3 Å². The minimum absolute atomic E-state index is 0.0114. The lowest BCUT2D eigenvalue weighted by atomic mass is 9.72. The zero-order chi connectivity index (χ0) is 28.9. The minimum Gasteiger partial charge on any atom is -0.383 e. The molecular weight excluding hydrogens is 536 g/mol. The molecule has 0 aromatic heterocycles. The molecule has 2 spiro atoms. The topological polar surface area (TPSA) is 65.1 Å². The molecule has 0 bridgehead atoms. The van der Waals surface area contributed by atoms with Crippen molar-refractivity contribution < 1.29 is 14.3 Å². The molecule has 3 atom stereocenters. The van der Waals surface area contributed by atoms with Gasteiger partial charge in [-0.25, -0.2) is 0 Å². The number of rotatable bonds is 6. The van der Waals surface area contributed by atoms with Crippen molar-refractivity contribution in [3.8, 4) is 0 Å². The molecule has 3 saturated heterocycles. The maximum absolute atomic E-state index is 14.3. The van der Waals surface area contributed by atoms with E-state index < -0.39 is 5.54 Å². The van der Waals surface area contributed by atoms with Gasteiger partial charge in [0.1, 0.15) is 12.1 Å². The number of methoxy groups -OCH3 is 1. The Bertz CT molecular complexity index is 1010. The molecule has 3 unspecified atom stereocenters. The molecule has 4 aliphatic rings. The summed E-state index contributed by atoms with van der Waals surface area (Å²) >= 11 is 6.14. The summed E-state index contributed by atoms with van der Waals surface area (Å²) in [7, 11) is 1.65. The Balaban J connectivity index is 1.31. The van der Waals surface area contributed by atoms with Gasteiger partial charge >= 0.3 is 0 Å². The Morgan fingerprint density at radius 2 is 1.63 bits per heavy atom. The molecule has 1 saturated carbocycles. The van der Waals surface area contributed by atoms with E-state index in [0.29, 0.717) is 36.6 Å². The molecule has 228 valence electrons. The Labute approximate surface area is 252 Å². The van der Waals surface area contributed by atoms with Gasteiger partial charge in [-0.05, 0) is 62.1 Å². The number of likely N-dealkylation sites (tertiary alicyclic amines) is 1. The lowest BCUT2D eigenvalue weighted by Crippen LogP contribution is -2.70. The highest BCUT2D eigenvalue weighted by atomic mass is 35.5. The third-order valence-corrected chi connectivity index (χ3v) is 10.8. The third-order valence-electron chi connectivity index (χ3n) is 10.5. The summed E-state index contributed by atoms with van der Waals surface area (Å²) in [6.45, 7) is 5.38. The van der Waals surface area contributed by atoms with Gasteiger partial charge in [0, 0.05) is 38.3 Å². The lowest BCUT2D eigenvalue weighted by Gasteiger charge is -2.49. The number of halogens is 1. The number of hydrogen-bond acceptors (Lipinski definition) is 5. The van der Waals surface area contributed by atoms with Gasteiger partial charge in [-0.1, -0.05) is 75.1 Å². The van der Waals surface area contributed by atoms with Crippen LogP contribution >= 0.6 is 11.6 Å². The van der Waals surface area contributed by atoms with Crippen molar-refractivity contribution >= 4 is 23.4 Å². The Kier molecular flexibility index (Phi) is 10.3. The van der Waals surface area contributed by atoms with Crippen molar-refractivity contribution in [3.05, 3.63) is 34.9 Å². The number of carbonyl (C=O) groups excluding carboxylic acids is 2. The van der Waals surface area contributed by atoms with Crippen molar-refractivity contribution in [2.45, 2.75) is 115 Å². The summed E-state index contributed by atoms with van der Waals surface area (Å²) in [6, 6.07) is 7.49. The maximum atomic E-state index is 14.3. The minimum atomic E-state index is -0.859. The van der Waals surface area contributed by atoms with Gasteiger partial charge in [0.25, 0.3) is 5.91 Å². The van der Waals surface area contributed by atoms with Gasteiger partial charge in [0.15, 0.2) is 0 Å². The van der Waals surface area contributed by atoms with E-state index in [9.17, 15) is 9.59 Å². The molecule has 5 rings (SSSR count). The molecule has 1 N–H and O–H groups in total. The van der Waals surface area contributed by atoms with E-state index in [1.54, 1.807) is 12.0 Å². The van der Waals surface area contributed by atoms with Gasteiger partial charge in [-0.3, -0.25) is 14.5 Å². The van der Waals surface area contributed by atoms with Crippen molar-refractivity contribution in [2.75, 3.05) is 39.9 Å². The lowest BCUT2D eigenvalue weighted by molar-refractivity contribution is -0.168. The molecule has 1 aromatic carbocycles. The van der Waals surface area contributed by atoms with E-state index in [0.717, 1.165) is 25.1 Å². The van der Waals surface area contributed by atoms with E-state index >= 15 is 0 Å². The number of piperazine rings is 1. The largest absolute Gasteiger partial charge is 0.383 e. The predicted molar refractivity (Wildman–Crippen MR) is 164 cm³/mol. The van der Waals surface area contributed by atoms with Crippen LogP contribution in [-0.4, -0.2) is 84.2 Å². The molecule has 4 fully saturated rings. The van der Waals surface area contributed by atoms with Crippen molar-refractivity contribution in [3.63, 3.8) is 0 Å². The third kappa shape index (κ3) is 6.95. The second kappa shape index (κ2) is 13.7. The van der Waals surface area contributed by atoms with Crippen LogP contribution in [0.3, 0.4) is 0 Å². The number of ether oxygens (including phenoxy) is 1. The van der Waals surface area contributed by atoms with Crippen LogP contribution in [0.1, 0.15) is 96.0 Å². The highest BCUT2D eigenvalue weighted by molar-refractivity contribution is 6.30. The van der Waals surface area contributed by atoms with Gasteiger partial charge in [0.2, 0.25) is 5.91 Å². The molecular formula is C33H51ClN4O3. The number of piperidine rings is 1. The normalized spacial score (nSPS) is 29.2. The van der Waals surface area contributed by atoms with Crippen LogP contribution in [0.15, 0.2) is 24.3 Å². The molecule has 3 heterocycles. The Hall–Kier alpha value is -1.67. The highest BCUT2D eigenvalue weighted by Gasteiger charge is 2.57. The van der Waals surface area contributed by atoms with Crippen LogP contribution in [0.2, 0.25) is 5.02 Å². The monoisotopic (exact) mass is 586 g/mol. The molecule has 1 aromatic rings. The molecule has 8 heteroatoms. The predicted octanol–water partition coefficient (Wildman–Crippen LogP) is 5.60. The van der Waals surface area contributed by atoms with E-state index in [2.05, 4.69) is 10.2 Å². The summed E-state index contributed by atoms with van der Waals surface area (Å²) < 4.78 is 5.38. The van der Waals surface area contributed by atoms with E-state index in [1.807, 2.05) is 36.1 Å². The number of nitrogens with one attached hydrogen (secondary N) is 1. The van der Waals surface area contributed by atoms with Gasteiger partial charge in [0.05, 0.1) is 18.8 Å². The molecule has 0 radical (unpaired) electrons. The fraction of sp³-hybridized carbons (Fsp3) is 0.758. The number of amides is 2. The average Bonchev–Trinajstić information content (AvgIpc) is 3.40. The molecule has 7 nitrogen and oxygen atoms in total. The zero-order valence-corrected chi connectivity index (χ0v) is 26.1. The summed E-state index contributed by atoms with van der Waals surface area (Å²) in [5, 5.41) is 4.63. The Morgan fingerprint density at radius 3 is 2.24 bits per heavy atom. The first-order valence-electron chi connectivity index (χ1n) is 16.2. The fourth-order valence-corrected chi connectivity index (χ4v) is 8.12. The molecule has 2 amide bonds. The van der Waals surface area contributed by atoms with Crippen molar-refractivity contribution in [1.29, 1.82) is 0 Å². The van der Waals surface area contributed by atoms with Crippen LogP contribution < -0.4 is 5.32 Å². The number of benzene rings is 1. The first kappa shape index (κ1) is 30.8. The fourth-order valence-electron chi connectivity index (χ4n) is 8.00. The quantitative estimate of drug-likeness (QED) is 0.470. The Morgan fingerprint density at radius 1 is 0.976 bits per heavy atom. The van der Waals surface area contributed by atoms with Crippen LogP contribution in [0, 0.1) is 5.41 Å². The van der Waals surface area contributed by atoms with Gasteiger partial charge in [-0.15, -0.1) is 0 Å². The second-order valence-corrected chi connectivity index (χ2v) is 13.8. The SMILES string of the molecule is COCC(C)N1CC(=O)N(Cc2ccc(Cl)cc2)C2(CCN(C3CCC4(CCCCCCCCCC4)CN3)C2)C1=O. The number of carbonyl (C=O) groups is 2. The van der Waals surface area contributed by atoms with Crippen molar-refractivity contribution in [2.24, 2.45) is 5.41 Å². The summed E-state index contributed by atoms with van der Waals surface area (Å²) in [4.78, 5) is 34.2. The van der Waals surface area contributed by atoms with Gasteiger partial charge < -0.3 is 19.9 Å². The highest BCUT2D eigenvalue weighted by Crippen LogP contribution is 2.42. The van der Waals surface area contributed by atoms with Crippen LogP contribution in [0.25, 0.3) is 0 Å². The van der Waals surface area contributed by atoms with E-state index in [1.165, 1.54) is 70.6 Å². The molecule has 3 aliphatic heterocycles. The summed E-state index contributed by atoms with van der Waals surface area (Å²) in [6.07, 6.45) is 17.0. The molecule has 41 heavy (non-hydrogen) atoms. The standard InChI is InChI=1S/C33H51ClN4O3/c1-26(23-41-2)37-22-30(39)38(21-27-11-13-28(34)14-12-27)33(31(37)40)19-20-36(25-33)29-15-18-32(24-35-29)16-9-7-5-3-4-6-8-10-17-32/h11-14,26,29,35H,3-10,15-25H2,1-2H3. The van der Waals surface area contributed by atoms with E-state index in [-0.39, 0.29) is 30.6 Å². The van der Waals surface area contributed by atoms with Crippen LogP contribution in [0.5, 0.6) is 0 Å². The number of nitrogens with zero attached hydrogens (tertiary/aromatic N) is 3. The zero-order valence-electron chi connectivity index (χ0n) is 25.3.